The van der Waals surface area contributed by atoms with Gasteiger partial charge in [-0.3, -0.25) is 5.41 Å². The van der Waals surface area contributed by atoms with E-state index >= 15 is 0 Å². The van der Waals surface area contributed by atoms with Crippen molar-refractivity contribution >= 4 is 28.1 Å². The molecule has 0 unspecified atom stereocenters. The van der Waals surface area contributed by atoms with Gasteiger partial charge in [0.15, 0.2) is 0 Å². The number of nitrogens with zero attached hydrogens (tertiary/aromatic N) is 1. The smallest absolute Gasteiger partial charge is 0.236 e. The normalized spacial score (nSPS) is 15.2. The monoisotopic (exact) mass is 344 g/mol. The predicted octanol–water partition coefficient (Wildman–Crippen LogP) is 4.40. The topological polar surface area (TPSA) is 81.0 Å². The first-order valence-electron chi connectivity index (χ1n) is 8.48. The molecule has 1 aliphatic carbocycles. The molecule has 5 nitrogen and oxygen atoms in total. The maximum atomic E-state index is 10.0. The molecule has 1 aromatic heterocycles. The Morgan fingerprint density at radius 2 is 2.12 bits per heavy atom. The molecule has 0 aliphatic heterocycles. The number of hydrogen-bond donors (Lipinski definition) is 4. The Morgan fingerprint density at radius 1 is 1.33 bits per heavy atom. The number of rotatable bonds is 5. The maximum absolute atomic E-state index is 10.0. The lowest BCUT2D eigenvalue weighted by Gasteiger charge is -2.22. The van der Waals surface area contributed by atoms with Crippen molar-refractivity contribution in [2.75, 3.05) is 11.9 Å². The second kappa shape index (κ2) is 7.66. The quantitative estimate of drug-likeness (QED) is 0.479. The molecule has 24 heavy (non-hydrogen) atoms. The van der Waals surface area contributed by atoms with Gasteiger partial charge in [0.05, 0.1) is 0 Å². The minimum absolute atomic E-state index is 0.0868. The molecule has 0 atom stereocenters. The molecular weight excluding hydrogens is 320 g/mol. The molecule has 3 rings (SSSR count). The highest BCUT2D eigenvalue weighted by molar-refractivity contribution is 7.11. The van der Waals surface area contributed by atoms with Crippen LogP contribution in [-0.4, -0.2) is 21.9 Å². The number of hydrogen-bond acceptors (Lipinski definition) is 5. The first-order valence-corrected chi connectivity index (χ1v) is 9.26. The van der Waals surface area contributed by atoms with Crippen LogP contribution in [0.1, 0.15) is 43.2 Å². The number of nitrogens with one attached hydrogen (secondary N) is 3. The first-order chi connectivity index (χ1) is 11.6. The Morgan fingerprint density at radius 3 is 2.88 bits per heavy atom. The summed E-state index contributed by atoms with van der Waals surface area (Å²) < 4.78 is 4.00. The summed E-state index contributed by atoms with van der Waals surface area (Å²) >= 11 is 1.17. The highest BCUT2D eigenvalue weighted by atomic mass is 32.1. The average molecular weight is 344 g/mol. The number of aromatic nitrogens is 1. The second-order valence-electron chi connectivity index (χ2n) is 6.46. The third-order valence-electron chi connectivity index (χ3n) is 4.49. The van der Waals surface area contributed by atoms with Crippen LogP contribution >= 0.6 is 11.5 Å². The fourth-order valence-electron chi connectivity index (χ4n) is 3.17. The zero-order valence-electron chi connectivity index (χ0n) is 13.9. The van der Waals surface area contributed by atoms with Crippen LogP contribution < -0.4 is 10.6 Å². The van der Waals surface area contributed by atoms with Crippen LogP contribution in [0.2, 0.25) is 0 Å². The van der Waals surface area contributed by atoms with E-state index in [2.05, 4.69) is 15.0 Å². The minimum atomic E-state index is -0.0868. The van der Waals surface area contributed by atoms with Gasteiger partial charge in [0.2, 0.25) is 5.88 Å². The average Bonchev–Trinajstić information content (AvgIpc) is 2.94. The Hall–Kier alpha value is -2.08. The number of aromatic hydroxyl groups is 1. The molecule has 0 amide bonds. The molecule has 1 aromatic carbocycles. The van der Waals surface area contributed by atoms with Gasteiger partial charge in [0, 0.05) is 12.2 Å². The first kappa shape index (κ1) is 16.8. The summed E-state index contributed by atoms with van der Waals surface area (Å²) in [6.45, 7) is 2.82. The largest absolute Gasteiger partial charge is 0.492 e. The van der Waals surface area contributed by atoms with Crippen molar-refractivity contribution in [1.29, 1.82) is 5.41 Å². The van der Waals surface area contributed by atoms with Crippen LogP contribution in [0, 0.1) is 18.3 Å². The SMILES string of the molecule is Cc1cccc(Nc2snc(O)c2C(=N)NCC2CCCCC2)c1. The van der Waals surface area contributed by atoms with Crippen molar-refractivity contribution in [2.45, 2.75) is 39.0 Å². The zero-order valence-corrected chi connectivity index (χ0v) is 14.7. The fraction of sp³-hybridized carbons (Fsp3) is 0.444. The van der Waals surface area contributed by atoms with Crippen molar-refractivity contribution in [3.8, 4) is 5.88 Å². The Labute approximate surface area is 146 Å². The lowest BCUT2D eigenvalue weighted by Crippen LogP contribution is -2.30. The van der Waals surface area contributed by atoms with E-state index in [0.29, 0.717) is 16.5 Å². The van der Waals surface area contributed by atoms with E-state index in [1.165, 1.54) is 43.6 Å². The van der Waals surface area contributed by atoms with Crippen molar-refractivity contribution in [3.05, 3.63) is 35.4 Å². The summed E-state index contributed by atoms with van der Waals surface area (Å²) in [5.41, 5.74) is 2.54. The molecule has 0 radical (unpaired) electrons. The van der Waals surface area contributed by atoms with Crippen molar-refractivity contribution in [1.82, 2.24) is 9.69 Å². The van der Waals surface area contributed by atoms with E-state index in [-0.39, 0.29) is 11.7 Å². The van der Waals surface area contributed by atoms with Crippen LogP contribution in [0.5, 0.6) is 5.88 Å². The van der Waals surface area contributed by atoms with E-state index in [9.17, 15) is 5.11 Å². The molecule has 6 heteroatoms. The third-order valence-corrected chi connectivity index (χ3v) is 5.25. The van der Waals surface area contributed by atoms with E-state index < -0.39 is 0 Å². The summed E-state index contributed by atoms with van der Waals surface area (Å²) in [6, 6.07) is 8.00. The molecule has 1 heterocycles. The molecule has 1 saturated carbocycles. The van der Waals surface area contributed by atoms with Gasteiger partial charge in [-0.2, -0.15) is 4.37 Å². The van der Waals surface area contributed by atoms with Gasteiger partial charge in [-0.25, -0.2) is 0 Å². The lowest BCUT2D eigenvalue weighted by molar-refractivity contribution is 0.356. The van der Waals surface area contributed by atoms with Gasteiger partial charge in [0.1, 0.15) is 16.4 Å². The molecule has 2 aromatic rings. The summed E-state index contributed by atoms with van der Waals surface area (Å²) in [7, 11) is 0. The zero-order chi connectivity index (χ0) is 16.9. The predicted molar refractivity (Wildman–Crippen MR) is 99.6 cm³/mol. The van der Waals surface area contributed by atoms with Gasteiger partial charge >= 0.3 is 0 Å². The van der Waals surface area contributed by atoms with Crippen molar-refractivity contribution < 1.29 is 5.11 Å². The second-order valence-corrected chi connectivity index (χ2v) is 7.24. The Bertz CT molecular complexity index is 707. The van der Waals surface area contributed by atoms with Gasteiger partial charge < -0.3 is 15.7 Å². The molecule has 0 spiro atoms. The summed E-state index contributed by atoms with van der Waals surface area (Å²) in [6.07, 6.45) is 6.34. The molecule has 1 aliphatic rings. The van der Waals surface area contributed by atoms with E-state index in [1.54, 1.807) is 0 Å². The lowest BCUT2D eigenvalue weighted by atomic mass is 9.89. The Kier molecular flexibility index (Phi) is 5.35. The number of amidine groups is 1. The fourth-order valence-corrected chi connectivity index (χ4v) is 3.89. The van der Waals surface area contributed by atoms with Gasteiger partial charge in [0.25, 0.3) is 0 Å². The number of anilines is 2. The summed E-state index contributed by atoms with van der Waals surface area (Å²) in [5.74, 6) is 0.777. The van der Waals surface area contributed by atoms with Gasteiger partial charge in [-0.15, -0.1) is 0 Å². The highest BCUT2D eigenvalue weighted by Crippen LogP contribution is 2.32. The molecule has 0 bridgehead atoms. The molecule has 0 saturated heterocycles. The van der Waals surface area contributed by atoms with Crippen molar-refractivity contribution in [2.24, 2.45) is 5.92 Å². The van der Waals surface area contributed by atoms with E-state index in [1.807, 2.05) is 31.2 Å². The molecule has 1 fully saturated rings. The number of benzene rings is 1. The summed E-state index contributed by atoms with van der Waals surface area (Å²) in [4.78, 5) is 0. The molecular formula is C18H24N4OS. The molecule has 4 N–H and O–H groups in total. The van der Waals surface area contributed by atoms with E-state index in [4.69, 9.17) is 5.41 Å². The van der Waals surface area contributed by atoms with Crippen molar-refractivity contribution in [3.63, 3.8) is 0 Å². The minimum Gasteiger partial charge on any atom is -0.492 e. The van der Waals surface area contributed by atoms with Gasteiger partial charge in [-0.1, -0.05) is 31.4 Å². The third kappa shape index (κ3) is 4.06. The maximum Gasteiger partial charge on any atom is 0.236 e. The standard InChI is InChI=1S/C18H24N4OS/c1-12-6-5-9-14(10-12)21-18-15(17(23)22-24-18)16(19)20-11-13-7-3-2-4-8-13/h5-6,9-10,13,21H,2-4,7-8,11H2,1H3,(H2,19,20)(H,22,23). The van der Waals surface area contributed by atoms with Crippen LogP contribution in [0.4, 0.5) is 10.7 Å². The summed E-state index contributed by atoms with van der Waals surface area (Å²) in [5, 5.41) is 25.5. The van der Waals surface area contributed by atoms with Crippen LogP contribution in [0.25, 0.3) is 0 Å². The van der Waals surface area contributed by atoms with Crippen LogP contribution in [0.3, 0.4) is 0 Å². The highest BCUT2D eigenvalue weighted by Gasteiger charge is 2.20. The molecule has 128 valence electrons. The van der Waals surface area contributed by atoms with E-state index in [0.717, 1.165) is 17.8 Å². The van der Waals surface area contributed by atoms with Crippen LogP contribution in [-0.2, 0) is 0 Å². The number of aryl methyl sites for hydroxylation is 1. The van der Waals surface area contributed by atoms with Gasteiger partial charge in [-0.05, 0) is 54.9 Å². The Balaban J connectivity index is 1.68. The van der Waals surface area contributed by atoms with Crippen LogP contribution in [0.15, 0.2) is 24.3 Å².